The standard InChI is InChI=1S/C15H27N3O/c1-3-10-19-11-6-9-18-12-13(2)16-15(18)17-14-7-4-5-8-14/h12,14H,3-11H2,1-2H3,(H,16,17). The van der Waals surface area contributed by atoms with Crippen LogP contribution in [0.25, 0.3) is 0 Å². The summed E-state index contributed by atoms with van der Waals surface area (Å²) in [5.41, 5.74) is 1.09. The Hall–Kier alpha value is -1.03. The molecule has 4 heteroatoms. The fraction of sp³-hybridized carbons (Fsp3) is 0.800. The summed E-state index contributed by atoms with van der Waals surface area (Å²) in [6, 6.07) is 0.622. The number of nitrogens with zero attached hydrogens (tertiary/aromatic N) is 2. The highest BCUT2D eigenvalue weighted by Gasteiger charge is 2.17. The quantitative estimate of drug-likeness (QED) is 0.733. The summed E-state index contributed by atoms with van der Waals surface area (Å²) in [4.78, 5) is 4.60. The van der Waals surface area contributed by atoms with Gasteiger partial charge < -0.3 is 14.6 Å². The first-order valence-electron chi connectivity index (χ1n) is 7.67. The van der Waals surface area contributed by atoms with E-state index in [1.54, 1.807) is 0 Å². The predicted octanol–water partition coefficient (Wildman–Crippen LogP) is 3.36. The van der Waals surface area contributed by atoms with Crippen molar-refractivity contribution in [2.24, 2.45) is 0 Å². The summed E-state index contributed by atoms with van der Waals surface area (Å²) >= 11 is 0. The lowest BCUT2D eigenvalue weighted by molar-refractivity contribution is 0.129. The number of hydrogen-bond acceptors (Lipinski definition) is 3. The SMILES string of the molecule is CCCOCCCn1cc(C)nc1NC1CCCC1. The minimum absolute atomic E-state index is 0.622. The lowest BCUT2D eigenvalue weighted by atomic mass is 10.2. The molecule has 1 N–H and O–H groups in total. The number of hydrogen-bond donors (Lipinski definition) is 1. The molecule has 4 nitrogen and oxygen atoms in total. The van der Waals surface area contributed by atoms with Crippen molar-refractivity contribution in [2.75, 3.05) is 18.5 Å². The van der Waals surface area contributed by atoms with Crippen LogP contribution in [-0.2, 0) is 11.3 Å². The van der Waals surface area contributed by atoms with Crippen LogP contribution in [0.5, 0.6) is 0 Å². The highest BCUT2D eigenvalue weighted by Crippen LogP contribution is 2.22. The zero-order chi connectivity index (χ0) is 13.5. The number of aryl methyl sites for hydroxylation is 2. The molecule has 0 spiro atoms. The molecule has 1 heterocycles. The number of nitrogens with one attached hydrogen (secondary N) is 1. The number of aromatic nitrogens is 2. The van der Waals surface area contributed by atoms with E-state index in [0.29, 0.717) is 6.04 Å². The van der Waals surface area contributed by atoms with Crippen molar-refractivity contribution < 1.29 is 4.74 Å². The van der Waals surface area contributed by atoms with Crippen LogP contribution in [-0.4, -0.2) is 28.8 Å². The van der Waals surface area contributed by atoms with Crippen LogP contribution in [0.3, 0.4) is 0 Å². The van der Waals surface area contributed by atoms with E-state index in [0.717, 1.165) is 44.2 Å². The molecular weight excluding hydrogens is 238 g/mol. The topological polar surface area (TPSA) is 39.1 Å². The van der Waals surface area contributed by atoms with E-state index in [-0.39, 0.29) is 0 Å². The zero-order valence-electron chi connectivity index (χ0n) is 12.3. The monoisotopic (exact) mass is 265 g/mol. The van der Waals surface area contributed by atoms with Crippen molar-refractivity contribution in [1.29, 1.82) is 0 Å². The molecule has 0 atom stereocenters. The number of imidazole rings is 1. The molecule has 2 rings (SSSR count). The second kappa shape index (κ2) is 7.53. The largest absolute Gasteiger partial charge is 0.381 e. The van der Waals surface area contributed by atoms with Crippen molar-refractivity contribution in [3.05, 3.63) is 11.9 Å². The zero-order valence-corrected chi connectivity index (χ0v) is 12.3. The molecule has 108 valence electrons. The van der Waals surface area contributed by atoms with Gasteiger partial charge in [0.15, 0.2) is 0 Å². The van der Waals surface area contributed by atoms with Crippen molar-refractivity contribution in [2.45, 2.75) is 65.0 Å². The third-order valence-corrected chi connectivity index (χ3v) is 3.62. The maximum Gasteiger partial charge on any atom is 0.203 e. The van der Waals surface area contributed by atoms with E-state index in [9.17, 15) is 0 Å². The highest BCUT2D eigenvalue weighted by molar-refractivity contribution is 5.30. The van der Waals surface area contributed by atoms with Crippen LogP contribution in [0.4, 0.5) is 5.95 Å². The van der Waals surface area contributed by atoms with E-state index >= 15 is 0 Å². The Morgan fingerprint density at radius 3 is 2.89 bits per heavy atom. The van der Waals surface area contributed by atoms with Crippen molar-refractivity contribution in [3.63, 3.8) is 0 Å². The lowest BCUT2D eigenvalue weighted by Gasteiger charge is -2.14. The second-order valence-corrected chi connectivity index (χ2v) is 5.49. The molecule has 1 saturated carbocycles. The van der Waals surface area contributed by atoms with Crippen LogP contribution in [0.1, 0.15) is 51.1 Å². The van der Waals surface area contributed by atoms with Crippen LogP contribution >= 0.6 is 0 Å². The van der Waals surface area contributed by atoms with E-state index in [2.05, 4.69) is 34.9 Å². The molecule has 1 aliphatic carbocycles. The third kappa shape index (κ3) is 4.53. The van der Waals surface area contributed by atoms with E-state index in [1.807, 2.05) is 0 Å². The first kappa shape index (κ1) is 14.4. The Labute approximate surface area is 116 Å². The summed E-state index contributed by atoms with van der Waals surface area (Å²) in [6.45, 7) is 6.90. The fourth-order valence-corrected chi connectivity index (χ4v) is 2.67. The third-order valence-electron chi connectivity index (χ3n) is 3.62. The van der Waals surface area contributed by atoms with E-state index < -0.39 is 0 Å². The summed E-state index contributed by atoms with van der Waals surface area (Å²) in [5.74, 6) is 1.04. The van der Waals surface area contributed by atoms with Crippen LogP contribution in [0, 0.1) is 6.92 Å². The molecule has 0 amide bonds. The average molecular weight is 265 g/mol. The Morgan fingerprint density at radius 1 is 1.37 bits per heavy atom. The van der Waals surface area contributed by atoms with Gasteiger partial charge in [-0.3, -0.25) is 0 Å². The van der Waals surface area contributed by atoms with Gasteiger partial charge in [-0.2, -0.15) is 0 Å². The maximum absolute atomic E-state index is 5.53. The lowest BCUT2D eigenvalue weighted by Crippen LogP contribution is -2.18. The van der Waals surface area contributed by atoms with Gasteiger partial charge in [0.2, 0.25) is 5.95 Å². The minimum atomic E-state index is 0.622. The summed E-state index contributed by atoms with van der Waals surface area (Å²) in [7, 11) is 0. The maximum atomic E-state index is 5.53. The fourth-order valence-electron chi connectivity index (χ4n) is 2.67. The smallest absolute Gasteiger partial charge is 0.203 e. The van der Waals surface area contributed by atoms with Gasteiger partial charge in [-0.1, -0.05) is 19.8 Å². The Bertz CT molecular complexity index is 369. The molecule has 0 bridgehead atoms. The van der Waals surface area contributed by atoms with Crippen molar-refractivity contribution in [1.82, 2.24) is 9.55 Å². The first-order chi connectivity index (χ1) is 9.29. The van der Waals surface area contributed by atoms with Gasteiger partial charge >= 0.3 is 0 Å². The van der Waals surface area contributed by atoms with Gasteiger partial charge in [-0.05, 0) is 32.6 Å². The van der Waals surface area contributed by atoms with Gasteiger partial charge in [0.05, 0.1) is 5.69 Å². The molecule has 0 saturated heterocycles. The van der Waals surface area contributed by atoms with Gasteiger partial charge in [0.25, 0.3) is 0 Å². The molecule has 0 aromatic carbocycles. The second-order valence-electron chi connectivity index (χ2n) is 5.49. The Balaban J connectivity index is 1.81. The van der Waals surface area contributed by atoms with Crippen LogP contribution in [0.2, 0.25) is 0 Å². The van der Waals surface area contributed by atoms with Gasteiger partial charge in [-0.25, -0.2) is 4.98 Å². The molecule has 0 aliphatic heterocycles. The molecular formula is C15H27N3O. The number of ether oxygens (including phenoxy) is 1. The molecule has 1 aliphatic rings. The molecule has 19 heavy (non-hydrogen) atoms. The van der Waals surface area contributed by atoms with Crippen LogP contribution in [0.15, 0.2) is 6.20 Å². The molecule has 0 unspecified atom stereocenters. The summed E-state index contributed by atoms with van der Waals surface area (Å²) in [6.07, 6.45) is 9.55. The average Bonchev–Trinajstić information content (AvgIpc) is 3.00. The number of rotatable bonds is 8. The molecule has 1 fully saturated rings. The number of anilines is 1. The predicted molar refractivity (Wildman–Crippen MR) is 78.6 cm³/mol. The molecule has 0 radical (unpaired) electrons. The van der Waals surface area contributed by atoms with Gasteiger partial charge in [0.1, 0.15) is 0 Å². The van der Waals surface area contributed by atoms with Crippen molar-refractivity contribution >= 4 is 5.95 Å². The van der Waals surface area contributed by atoms with E-state index in [4.69, 9.17) is 4.74 Å². The molecule has 1 aromatic heterocycles. The van der Waals surface area contributed by atoms with E-state index in [1.165, 1.54) is 25.7 Å². The van der Waals surface area contributed by atoms with Gasteiger partial charge in [-0.15, -0.1) is 0 Å². The van der Waals surface area contributed by atoms with Gasteiger partial charge in [0, 0.05) is 32.0 Å². The summed E-state index contributed by atoms with van der Waals surface area (Å²) < 4.78 is 7.77. The highest BCUT2D eigenvalue weighted by atomic mass is 16.5. The minimum Gasteiger partial charge on any atom is -0.381 e. The Kier molecular flexibility index (Phi) is 5.70. The Morgan fingerprint density at radius 2 is 2.16 bits per heavy atom. The molecule has 1 aromatic rings. The van der Waals surface area contributed by atoms with Crippen molar-refractivity contribution in [3.8, 4) is 0 Å². The van der Waals surface area contributed by atoms with Crippen LogP contribution < -0.4 is 5.32 Å². The first-order valence-corrected chi connectivity index (χ1v) is 7.67. The summed E-state index contributed by atoms with van der Waals surface area (Å²) in [5, 5.41) is 3.59. The normalized spacial score (nSPS) is 16.1.